The van der Waals surface area contributed by atoms with Crippen LogP contribution in [0.2, 0.25) is 0 Å². The minimum absolute atomic E-state index is 0.0423. The number of nitrogens with one attached hydrogen (secondary N) is 2. The summed E-state index contributed by atoms with van der Waals surface area (Å²) in [5.74, 6) is 0.0300. The van der Waals surface area contributed by atoms with Crippen molar-refractivity contribution in [1.82, 2.24) is 14.9 Å². The van der Waals surface area contributed by atoms with E-state index in [4.69, 9.17) is 0 Å². The van der Waals surface area contributed by atoms with E-state index in [-0.39, 0.29) is 28.5 Å². The third kappa shape index (κ3) is 5.29. The molecule has 7 nitrogen and oxygen atoms in total. The summed E-state index contributed by atoms with van der Waals surface area (Å²) in [5, 5.41) is 2.64. The topological polar surface area (TPSA) is 95.6 Å². The highest BCUT2D eigenvalue weighted by Gasteiger charge is 2.23. The van der Waals surface area contributed by atoms with E-state index in [2.05, 4.69) is 10.0 Å². The number of carbonyl (C=O) groups excluding carboxylic acids is 2. The molecule has 0 aromatic carbocycles. The fourth-order valence-corrected chi connectivity index (χ4v) is 4.98. The van der Waals surface area contributed by atoms with E-state index in [0.717, 1.165) is 29.2 Å². The summed E-state index contributed by atoms with van der Waals surface area (Å²) in [5.41, 5.74) is 0. The monoisotopic (exact) mass is 373 g/mol. The van der Waals surface area contributed by atoms with Gasteiger partial charge in [0, 0.05) is 37.9 Å². The molecule has 2 rings (SSSR count). The van der Waals surface area contributed by atoms with Crippen LogP contribution in [0.1, 0.15) is 31.6 Å². The molecule has 1 aliphatic heterocycles. The average molecular weight is 374 g/mol. The van der Waals surface area contributed by atoms with Gasteiger partial charge in [-0.1, -0.05) is 6.92 Å². The minimum Gasteiger partial charge on any atom is -0.351 e. The van der Waals surface area contributed by atoms with Gasteiger partial charge in [-0.2, -0.15) is 0 Å². The third-order valence-corrected chi connectivity index (χ3v) is 6.74. The van der Waals surface area contributed by atoms with Crippen LogP contribution in [0, 0.1) is 5.92 Å². The molecule has 1 atom stereocenters. The van der Waals surface area contributed by atoms with E-state index in [9.17, 15) is 18.0 Å². The van der Waals surface area contributed by atoms with Gasteiger partial charge in [-0.15, -0.1) is 11.3 Å². The van der Waals surface area contributed by atoms with E-state index >= 15 is 0 Å². The molecule has 1 aromatic heterocycles. The number of likely N-dealkylation sites (tertiary alicyclic amines) is 1. The molecule has 1 aromatic rings. The number of hydrogen-bond donors (Lipinski definition) is 2. The summed E-state index contributed by atoms with van der Waals surface area (Å²) < 4.78 is 27.5. The lowest BCUT2D eigenvalue weighted by molar-refractivity contribution is -0.128. The normalized spacial score (nSPS) is 16.4. The fourth-order valence-electron chi connectivity index (χ4n) is 2.47. The maximum Gasteiger partial charge on any atom is 0.250 e. The third-order valence-electron chi connectivity index (χ3n) is 3.74. The molecule has 9 heteroatoms. The average Bonchev–Trinajstić information content (AvgIpc) is 3.13. The molecule has 2 amide bonds. The Labute approximate surface area is 146 Å². The van der Waals surface area contributed by atoms with Gasteiger partial charge in [0.15, 0.2) is 0 Å². The van der Waals surface area contributed by atoms with Gasteiger partial charge in [0.2, 0.25) is 21.8 Å². The molecule has 2 heterocycles. The van der Waals surface area contributed by atoms with Crippen LogP contribution in [0.5, 0.6) is 0 Å². The standard InChI is InChI=1S/C15H23N3O4S2/c1-11(10-18-7-3-4-14(18)20)8-17-24(21,22)15-6-5-13(23-15)9-16-12(2)19/h5-6,11,17H,3-4,7-10H2,1-2H3,(H,16,19)/t11-/m1/s1. The van der Waals surface area contributed by atoms with E-state index in [1.165, 1.54) is 6.92 Å². The number of rotatable bonds is 8. The molecule has 0 saturated carbocycles. The Balaban J connectivity index is 1.86. The molecule has 1 saturated heterocycles. The highest BCUT2D eigenvalue weighted by Crippen LogP contribution is 2.21. The first-order valence-electron chi connectivity index (χ1n) is 7.88. The van der Waals surface area contributed by atoms with Crippen molar-refractivity contribution in [2.24, 2.45) is 5.92 Å². The predicted octanol–water partition coefficient (Wildman–Crippen LogP) is 0.921. The first kappa shape index (κ1) is 18.9. The second-order valence-electron chi connectivity index (χ2n) is 6.03. The lowest BCUT2D eigenvalue weighted by Gasteiger charge is -2.20. The van der Waals surface area contributed by atoms with Gasteiger partial charge in [0.05, 0.1) is 6.54 Å². The SMILES string of the molecule is CC(=O)NCc1ccc(S(=O)(=O)NC[C@@H](C)CN2CCCC2=O)s1. The number of sulfonamides is 1. The van der Waals surface area contributed by atoms with Crippen LogP contribution in [0.15, 0.2) is 16.3 Å². The Bertz CT molecular complexity index is 699. The second kappa shape index (κ2) is 8.09. The van der Waals surface area contributed by atoms with Crippen molar-refractivity contribution in [3.8, 4) is 0 Å². The predicted molar refractivity (Wildman–Crippen MR) is 92.0 cm³/mol. The Morgan fingerprint density at radius 1 is 1.42 bits per heavy atom. The summed E-state index contributed by atoms with van der Waals surface area (Å²) in [6, 6.07) is 3.24. The quantitative estimate of drug-likeness (QED) is 0.708. The summed E-state index contributed by atoms with van der Waals surface area (Å²) in [6.45, 7) is 5.27. The van der Waals surface area contributed by atoms with Crippen LogP contribution >= 0.6 is 11.3 Å². The van der Waals surface area contributed by atoms with Crippen molar-refractivity contribution >= 4 is 33.2 Å². The molecule has 0 radical (unpaired) electrons. The van der Waals surface area contributed by atoms with Crippen LogP contribution in [-0.4, -0.2) is 44.8 Å². The van der Waals surface area contributed by atoms with Crippen molar-refractivity contribution < 1.29 is 18.0 Å². The molecular weight excluding hydrogens is 350 g/mol. The molecular formula is C15H23N3O4S2. The van der Waals surface area contributed by atoms with E-state index in [0.29, 0.717) is 19.5 Å². The molecule has 0 bridgehead atoms. The maximum absolute atomic E-state index is 12.3. The van der Waals surface area contributed by atoms with Crippen LogP contribution < -0.4 is 10.0 Å². The summed E-state index contributed by atoms with van der Waals surface area (Å²) >= 11 is 1.14. The molecule has 134 valence electrons. The van der Waals surface area contributed by atoms with Gasteiger partial charge in [-0.25, -0.2) is 13.1 Å². The first-order chi connectivity index (χ1) is 11.3. The Morgan fingerprint density at radius 3 is 2.79 bits per heavy atom. The van der Waals surface area contributed by atoms with Gasteiger partial charge >= 0.3 is 0 Å². The highest BCUT2D eigenvalue weighted by atomic mass is 32.2. The summed E-state index contributed by atoms with van der Waals surface area (Å²) in [6.07, 6.45) is 1.47. The van der Waals surface area contributed by atoms with Gasteiger partial charge in [0.1, 0.15) is 4.21 Å². The summed E-state index contributed by atoms with van der Waals surface area (Å²) in [4.78, 5) is 25.1. The van der Waals surface area contributed by atoms with E-state index in [1.54, 1.807) is 17.0 Å². The molecule has 0 spiro atoms. The fraction of sp³-hybridized carbons (Fsp3) is 0.600. The van der Waals surface area contributed by atoms with E-state index < -0.39 is 10.0 Å². The molecule has 2 N–H and O–H groups in total. The Morgan fingerprint density at radius 2 is 2.17 bits per heavy atom. The van der Waals surface area contributed by atoms with E-state index in [1.807, 2.05) is 6.92 Å². The largest absolute Gasteiger partial charge is 0.351 e. The van der Waals surface area contributed by atoms with Crippen LogP contribution in [0.3, 0.4) is 0 Å². The number of amides is 2. The Hall–Kier alpha value is -1.45. The summed E-state index contributed by atoms with van der Waals surface area (Å²) in [7, 11) is -3.57. The second-order valence-corrected chi connectivity index (χ2v) is 9.19. The van der Waals surface area contributed by atoms with Crippen molar-refractivity contribution in [2.45, 2.75) is 37.4 Å². The number of thiophene rings is 1. The molecule has 24 heavy (non-hydrogen) atoms. The van der Waals surface area contributed by atoms with Gasteiger partial charge in [-0.05, 0) is 24.5 Å². The van der Waals surface area contributed by atoms with Gasteiger partial charge < -0.3 is 10.2 Å². The zero-order valence-electron chi connectivity index (χ0n) is 13.9. The van der Waals surface area contributed by atoms with Crippen LogP contribution in [0.25, 0.3) is 0 Å². The van der Waals surface area contributed by atoms with Crippen molar-refractivity contribution in [2.75, 3.05) is 19.6 Å². The lowest BCUT2D eigenvalue weighted by Crippen LogP contribution is -2.35. The minimum atomic E-state index is -3.57. The Kier molecular flexibility index (Phi) is 6.36. The maximum atomic E-state index is 12.3. The van der Waals surface area contributed by atoms with Gasteiger partial charge in [0.25, 0.3) is 0 Å². The molecule has 0 unspecified atom stereocenters. The number of nitrogens with zero attached hydrogens (tertiary/aromatic N) is 1. The van der Waals surface area contributed by atoms with Crippen LogP contribution in [-0.2, 0) is 26.2 Å². The highest BCUT2D eigenvalue weighted by molar-refractivity contribution is 7.91. The van der Waals surface area contributed by atoms with Crippen molar-refractivity contribution in [3.05, 3.63) is 17.0 Å². The zero-order valence-corrected chi connectivity index (χ0v) is 15.5. The van der Waals surface area contributed by atoms with Gasteiger partial charge in [-0.3, -0.25) is 9.59 Å². The lowest BCUT2D eigenvalue weighted by atomic mass is 10.2. The molecule has 0 aliphatic carbocycles. The van der Waals surface area contributed by atoms with Crippen LogP contribution in [0.4, 0.5) is 0 Å². The molecule has 1 aliphatic rings. The zero-order chi connectivity index (χ0) is 17.7. The van der Waals surface area contributed by atoms with Crippen molar-refractivity contribution in [1.29, 1.82) is 0 Å². The smallest absolute Gasteiger partial charge is 0.250 e. The first-order valence-corrected chi connectivity index (χ1v) is 10.2. The van der Waals surface area contributed by atoms with Crippen molar-refractivity contribution in [3.63, 3.8) is 0 Å². The molecule has 1 fully saturated rings. The number of carbonyl (C=O) groups is 2. The number of hydrogen-bond acceptors (Lipinski definition) is 5.